The van der Waals surface area contributed by atoms with E-state index in [2.05, 4.69) is 27.3 Å². The van der Waals surface area contributed by atoms with Crippen LogP contribution in [0, 0.1) is 11.3 Å². The molecule has 1 aromatic carbocycles. The minimum atomic E-state index is -3.08. The highest BCUT2D eigenvalue weighted by Gasteiger charge is 2.24. The summed E-state index contributed by atoms with van der Waals surface area (Å²) in [6, 6.07) is 7.74. The van der Waals surface area contributed by atoms with Crippen LogP contribution in [0.5, 0.6) is 0 Å². The number of piperidine rings is 1. The van der Waals surface area contributed by atoms with Crippen LogP contribution in [-0.4, -0.2) is 38.1 Å². The van der Waals surface area contributed by atoms with E-state index in [1.54, 1.807) is 12.1 Å². The summed E-state index contributed by atoms with van der Waals surface area (Å²) in [5, 5.41) is 12.2. The Morgan fingerprint density at radius 1 is 1.40 bits per heavy atom. The quantitative estimate of drug-likeness (QED) is 0.899. The Hall–Kier alpha value is -1.10. The molecule has 0 unspecified atom stereocenters. The van der Waals surface area contributed by atoms with Gasteiger partial charge in [-0.2, -0.15) is 5.26 Å². The molecule has 20 heavy (non-hydrogen) atoms. The number of benzene rings is 1. The van der Waals surface area contributed by atoms with Crippen LogP contribution in [0.2, 0.25) is 0 Å². The van der Waals surface area contributed by atoms with Gasteiger partial charge in [0.05, 0.1) is 17.9 Å². The molecule has 0 spiro atoms. The van der Waals surface area contributed by atoms with Crippen molar-refractivity contribution in [1.82, 2.24) is 4.31 Å². The molecule has 7 heteroatoms. The van der Waals surface area contributed by atoms with E-state index < -0.39 is 10.0 Å². The van der Waals surface area contributed by atoms with Gasteiger partial charge in [-0.15, -0.1) is 0 Å². The van der Waals surface area contributed by atoms with Gasteiger partial charge >= 0.3 is 0 Å². The van der Waals surface area contributed by atoms with E-state index in [0.717, 1.165) is 23.0 Å². The Balaban J connectivity index is 1.98. The first-order chi connectivity index (χ1) is 9.40. The molecule has 0 saturated carbocycles. The van der Waals surface area contributed by atoms with E-state index in [0.29, 0.717) is 18.7 Å². The van der Waals surface area contributed by atoms with Gasteiger partial charge in [0, 0.05) is 29.3 Å². The summed E-state index contributed by atoms with van der Waals surface area (Å²) < 4.78 is 25.2. The lowest BCUT2D eigenvalue weighted by atomic mass is 10.1. The van der Waals surface area contributed by atoms with Crippen LogP contribution in [-0.2, 0) is 10.0 Å². The number of rotatable bonds is 3. The maximum Gasteiger partial charge on any atom is 0.211 e. The smallest absolute Gasteiger partial charge is 0.211 e. The molecule has 1 aliphatic rings. The fraction of sp³-hybridized carbons (Fsp3) is 0.462. The number of nitrogens with one attached hydrogen (secondary N) is 1. The average molecular weight is 358 g/mol. The van der Waals surface area contributed by atoms with Crippen LogP contribution < -0.4 is 5.32 Å². The van der Waals surface area contributed by atoms with Crippen molar-refractivity contribution in [3.05, 3.63) is 28.2 Å². The fourth-order valence-corrected chi connectivity index (χ4v) is 3.62. The SMILES string of the molecule is CS(=O)(=O)N1CCC(Nc2ccc(C#N)cc2Br)CC1. The number of halogens is 1. The topological polar surface area (TPSA) is 73.2 Å². The largest absolute Gasteiger partial charge is 0.381 e. The van der Waals surface area contributed by atoms with E-state index in [1.165, 1.54) is 10.6 Å². The Morgan fingerprint density at radius 2 is 2.05 bits per heavy atom. The van der Waals surface area contributed by atoms with Crippen molar-refractivity contribution in [1.29, 1.82) is 5.26 Å². The lowest BCUT2D eigenvalue weighted by Crippen LogP contribution is -2.41. The Kier molecular flexibility index (Phi) is 4.68. The van der Waals surface area contributed by atoms with Crippen LogP contribution in [0.3, 0.4) is 0 Å². The number of nitrogens with zero attached hydrogens (tertiary/aromatic N) is 2. The second-order valence-corrected chi connectivity index (χ2v) is 7.72. The van der Waals surface area contributed by atoms with Gasteiger partial charge in [-0.1, -0.05) is 0 Å². The van der Waals surface area contributed by atoms with Crippen molar-refractivity contribution in [3.8, 4) is 6.07 Å². The molecule has 1 fully saturated rings. The highest BCUT2D eigenvalue weighted by atomic mass is 79.9. The maximum atomic E-state index is 11.4. The Labute approximate surface area is 127 Å². The molecular weight excluding hydrogens is 342 g/mol. The first-order valence-corrected chi connectivity index (χ1v) is 8.95. The summed E-state index contributed by atoms with van der Waals surface area (Å²) in [6.45, 7) is 1.09. The van der Waals surface area contributed by atoms with E-state index in [4.69, 9.17) is 5.26 Å². The second kappa shape index (κ2) is 6.12. The van der Waals surface area contributed by atoms with Crippen molar-refractivity contribution < 1.29 is 8.42 Å². The molecule has 108 valence electrons. The number of anilines is 1. The van der Waals surface area contributed by atoms with Crippen LogP contribution in [0.4, 0.5) is 5.69 Å². The summed E-state index contributed by atoms with van der Waals surface area (Å²) in [5.74, 6) is 0. The Bertz CT molecular complexity index is 632. The molecule has 0 bridgehead atoms. The van der Waals surface area contributed by atoms with E-state index in [-0.39, 0.29) is 6.04 Å². The van der Waals surface area contributed by atoms with Gasteiger partial charge in [0.15, 0.2) is 0 Å². The summed E-state index contributed by atoms with van der Waals surface area (Å²) >= 11 is 3.44. The first-order valence-electron chi connectivity index (χ1n) is 6.31. The third-order valence-electron chi connectivity index (χ3n) is 3.38. The highest BCUT2D eigenvalue weighted by molar-refractivity contribution is 9.10. The number of sulfonamides is 1. The van der Waals surface area contributed by atoms with Crippen molar-refractivity contribution in [2.45, 2.75) is 18.9 Å². The molecule has 0 atom stereocenters. The van der Waals surface area contributed by atoms with Crippen LogP contribution in [0.25, 0.3) is 0 Å². The molecule has 5 nitrogen and oxygen atoms in total. The number of hydrogen-bond acceptors (Lipinski definition) is 4. The zero-order valence-corrected chi connectivity index (χ0v) is 13.5. The van der Waals surface area contributed by atoms with Crippen molar-refractivity contribution in [2.24, 2.45) is 0 Å². The molecule has 1 heterocycles. The normalized spacial score (nSPS) is 17.6. The third-order valence-corrected chi connectivity index (χ3v) is 5.34. The monoisotopic (exact) mass is 357 g/mol. The zero-order valence-electron chi connectivity index (χ0n) is 11.1. The van der Waals surface area contributed by atoms with Gasteiger partial charge in [0.2, 0.25) is 10.0 Å². The van der Waals surface area contributed by atoms with Gasteiger partial charge in [0.1, 0.15) is 0 Å². The van der Waals surface area contributed by atoms with Crippen LogP contribution in [0.15, 0.2) is 22.7 Å². The van der Waals surface area contributed by atoms with E-state index in [9.17, 15) is 8.42 Å². The van der Waals surface area contributed by atoms with Gasteiger partial charge in [-0.3, -0.25) is 0 Å². The minimum Gasteiger partial charge on any atom is -0.381 e. The summed E-state index contributed by atoms with van der Waals surface area (Å²) in [7, 11) is -3.08. The summed E-state index contributed by atoms with van der Waals surface area (Å²) in [6.07, 6.45) is 2.80. The second-order valence-electron chi connectivity index (χ2n) is 4.89. The van der Waals surface area contributed by atoms with Crippen LogP contribution >= 0.6 is 15.9 Å². The van der Waals surface area contributed by atoms with Crippen LogP contribution in [0.1, 0.15) is 18.4 Å². The number of hydrogen-bond donors (Lipinski definition) is 1. The summed E-state index contributed by atoms with van der Waals surface area (Å²) in [5.41, 5.74) is 1.54. The Morgan fingerprint density at radius 3 is 2.55 bits per heavy atom. The predicted octanol–water partition coefficient (Wildman–Crippen LogP) is 2.16. The molecule has 1 N–H and O–H groups in total. The van der Waals surface area contributed by atoms with Gasteiger partial charge in [-0.25, -0.2) is 12.7 Å². The first kappa shape index (κ1) is 15.3. The molecule has 0 aliphatic carbocycles. The molecule has 0 amide bonds. The lowest BCUT2D eigenvalue weighted by molar-refractivity contribution is 0.332. The van der Waals surface area contributed by atoms with Crippen molar-refractivity contribution in [2.75, 3.05) is 24.7 Å². The van der Waals surface area contributed by atoms with Crippen molar-refractivity contribution >= 4 is 31.6 Å². The van der Waals surface area contributed by atoms with Gasteiger partial charge < -0.3 is 5.32 Å². The molecule has 1 saturated heterocycles. The fourth-order valence-electron chi connectivity index (χ4n) is 2.25. The summed E-state index contributed by atoms with van der Waals surface area (Å²) in [4.78, 5) is 0. The van der Waals surface area contributed by atoms with Gasteiger partial charge in [-0.05, 0) is 47.0 Å². The molecule has 0 radical (unpaired) electrons. The maximum absolute atomic E-state index is 11.4. The molecule has 0 aromatic heterocycles. The molecular formula is C13H16BrN3O2S. The molecule has 1 aromatic rings. The predicted molar refractivity (Wildman–Crippen MR) is 81.9 cm³/mol. The standard InChI is InChI=1S/C13H16BrN3O2S/c1-20(18,19)17-6-4-11(5-7-17)16-13-3-2-10(9-15)8-12(13)14/h2-3,8,11,16H,4-7H2,1H3. The lowest BCUT2D eigenvalue weighted by Gasteiger charge is -2.31. The third kappa shape index (κ3) is 3.72. The van der Waals surface area contributed by atoms with Crippen molar-refractivity contribution in [3.63, 3.8) is 0 Å². The average Bonchev–Trinajstić information content (AvgIpc) is 2.40. The minimum absolute atomic E-state index is 0.247. The van der Waals surface area contributed by atoms with Gasteiger partial charge in [0.25, 0.3) is 0 Å². The van der Waals surface area contributed by atoms with E-state index in [1.807, 2.05) is 6.07 Å². The molecule has 1 aliphatic heterocycles. The van der Waals surface area contributed by atoms with E-state index >= 15 is 0 Å². The number of nitriles is 1. The molecule has 2 rings (SSSR count). The zero-order chi connectivity index (χ0) is 14.8. The highest BCUT2D eigenvalue weighted by Crippen LogP contribution is 2.26.